The molecule has 2 N–H and O–H groups in total. The Morgan fingerprint density at radius 3 is 2.52 bits per heavy atom. The van der Waals surface area contributed by atoms with Gasteiger partial charge in [-0.3, -0.25) is 4.79 Å². The summed E-state index contributed by atoms with van der Waals surface area (Å²) in [5.41, 5.74) is 9.20. The summed E-state index contributed by atoms with van der Waals surface area (Å²) in [5, 5.41) is 4.41. The van der Waals surface area contributed by atoms with Gasteiger partial charge in [0.2, 0.25) is 5.43 Å². The second kappa shape index (κ2) is 6.68. The van der Waals surface area contributed by atoms with Crippen LogP contribution in [0, 0.1) is 6.92 Å². The van der Waals surface area contributed by atoms with Crippen molar-refractivity contribution in [1.82, 2.24) is 9.78 Å². The average Bonchev–Trinajstić information content (AvgIpc) is 2.45. The standard InChI is InChI=1S/C17H23N3O/c1-4-5-6-14-7-9-15(10-8-14)20-12(2)11-16(21)17(19-20)13(3)18/h7-11,13H,4-6,18H2,1-3H3. The molecule has 4 heteroatoms. The van der Waals surface area contributed by atoms with Gasteiger partial charge in [-0.05, 0) is 44.4 Å². The number of nitrogens with two attached hydrogens (primary N) is 1. The third-order valence-electron chi connectivity index (χ3n) is 3.57. The first kappa shape index (κ1) is 15.4. The number of hydrogen-bond acceptors (Lipinski definition) is 3. The zero-order valence-corrected chi connectivity index (χ0v) is 13.0. The van der Waals surface area contributed by atoms with Crippen molar-refractivity contribution in [3.05, 3.63) is 57.5 Å². The van der Waals surface area contributed by atoms with Crippen LogP contribution in [0.15, 0.2) is 35.1 Å². The number of aromatic nitrogens is 2. The lowest BCUT2D eigenvalue weighted by molar-refractivity contribution is 0.686. The second-order valence-corrected chi connectivity index (χ2v) is 5.51. The van der Waals surface area contributed by atoms with E-state index in [-0.39, 0.29) is 11.5 Å². The summed E-state index contributed by atoms with van der Waals surface area (Å²) in [4.78, 5) is 11.9. The van der Waals surface area contributed by atoms with Gasteiger partial charge in [0, 0.05) is 17.8 Å². The van der Waals surface area contributed by atoms with Crippen LogP contribution in [0.3, 0.4) is 0 Å². The van der Waals surface area contributed by atoms with Crippen LogP contribution in [-0.2, 0) is 6.42 Å². The monoisotopic (exact) mass is 285 g/mol. The van der Waals surface area contributed by atoms with E-state index in [9.17, 15) is 4.79 Å². The van der Waals surface area contributed by atoms with Gasteiger partial charge >= 0.3 is 0 Å². The fourth-order valence-electron chi connectivity index (χ4n) is 2.32. The van der Waals surface area contributed by atoms with Crippen molar-refractivity contribution < 1.29 is 0 Å². The number of nitrogens with zero attached hydrogens (tertiary/aromatic N) is 2. The summed E-state index contributed by atoms with van der Waals surface area (Å²) in [6, 6.07) is 9.55. The van der Waals surface area contributed by atoms with Crippen molar-refractivity contribution in [3.8, 4) is 5.69 Å². The molecule has 1 heterocycles. The van der Waals surface area contributed by atoms with Crippen LogP contribution in [0.5, 0.6) is 0 Å². The Balaban J connectivity index is 2.37. The molecule has 4 nitrogen and oxygen atoms in total. The highest BCUT2D eigenvalue weighted by atomic mass is 16.1. The summed E-state index contributed by atoms with van der Waals surface area (Å²) < 4.78 is 1.78. The molecule has 1 unspecified atom stereocenters. The van der Waals surface area contributed by atoms with Gasteiger partial charge in [-0.15, -0.1) is 0 Å². The summed E-state index contributed by atoms with van der Waals surface area (Å²) in [7, 11) is 0. The maximum atomic E-state index is 11.9. The van der Waals surface area contributed by atoms with E-state index in [2.05, 4.69) is 24.2 Å². The molecule has 0 fully saturated rings. The van der Waals surface area contributed by atoms with E-state index in [1.165, 1.54) is 18.4 Å². The van der Waals surface area contributed by atoms with Gasteiger partial charge < -0.3 is 5.73 Å². The van der Waals surface area contributed by atoms with Crippen LogP contribution in [0.4, 0.5) is 0 Å². The summed E-state index contributed by atoms with van der Waals surface area (Å²) in [5.74, 6) is 0. The maximum absolute atomic E-state index is 11.9. The number of aryl methyl sites for hydroxylation is 2. The zero-order valence-electron chi connectivity index (χ0n) is 13.0. The van der Waals surface area contributed by atoms with Gasteiger partial charge in [0.1, 0.15) is 5.69 Å². The topological polar surface area (TPSA) is 60.9 Å². The molecule has 112 valence electrons. The Bertz CT molecular complexity index is 657. The van der Waals surface area contributed by atoms with Gasteiger partial charge in [0.05, 0.1) is 5.69 Å². The van der Waals surface area contributed by atoms with E-state index in [0.717, 1.165) is 17.8 Å². The maximum Gasteiger partial charge on any atom is 0.205 e. The Morgan fingerprint density at radius 1 is 1.29 bits per heavy atom. The summed E-state index contributed by atoms with van der Waals surface area (Å²) in [6.45, 7) is 5.85. The fraction of sp³-hybridized carbons (Fsp3) is 0.412. The highest BCUT2D eigenvalue weighted by Crippen LogP contribution is 2.13. The van der Waals surface area contributed by atoms with Gasteiger partial charge in [-0.25, -0.2) is 4.68 Å². The van der Waals surface area contributed by atoms with E-state index in [1.807, 2.05) is 19.1 Å². The van der Waals surface area contributed by atoms with Crippen LogP contribution in [0.25, 0.3) is 5.69 Å². The summed E-state index contributed by atoms with van der Waals surface area (Å²) >= 11 is 0. The zero-order chi connectivity index (χ0) is 15.4. The Hall–Kier alpha value is -1.94. The third-order valence-corrected chi connectivity index (χ3v) is 3.57. The largest absolute Gasteiger partial charge is 0.323 e. The Morgan fingerprint density at radius 2 is 1.95 bits per heavy atom. The molecule has 2 rings (SSSR count). The van der Waals surface area contributed by atoms with Crippen molar-refractivity contribution in [2.24, 2.45) is 5.73 Å². The van der Waals surface area contributed by atoms with Crippen molar-refractivity contribution in [3.63, 3.8) is 0 Å². The molecule has 0 amide bonds. The minimum absolute atomic E-state index is 0.0988. The van der Waals surface area contributed by atoms with E-state index in [4.69, 9.17) is 5.73 Å². The molecule has 1 aromatic heterocycles. The first-order valence-electron chi connectivity index (χ1n) is 7.48. The number of benzene rings is 1. The van der Waals surface area contributed by atoms with Gasteiger partial charge in [-0.2, -0.15) is 5.10 Å². The minimum Gasteiger partial charge on any atom is -0.323 e. The second-order valence-electron chi connectivity index (χ2n) is 5.51. The van der Waals surface area contributed by atoms with Gasteiger partial charge in [0.25, 0.3) is 0 Å². The quantitative estimate of drug-likeness (QED) is 0.919. The molecule has 21 heavy (non-hydrogen) atoms. The van der Waals surface area contributed by atoms with E-state index in [1.54, 1.807) is 17.7 Å². The molecule has 0 aliphatic carbocycles. The molecule has 0 spiro atoms. The van der Waals surface area contributed by atoms with Crippen LogP contribution < -0.4 is 11.2 Å². The van der Waals surface area contributed by atoms with Crippen molar-refractivity contribution in [2.75, 3.05) is 0 Å². The van der Waals surface area contributed by atoms with Gasteiger partial charge in [0.15, 0.2) is 0 Å². The number of hydrogen-bond donors (Lipinski definition) is 1. The molecular weight excluding hydrogens is 262 g/mol. The van der Waals surface area contributed by atoms with Crippen LogP contribution in [0.2, 0.25) is 0 Å². The minimum atomic E-state index is -0.367. The predicted octanol–water partition coefficient (Wildman–Crippen LogP) is 2.90. The fourth-order valence-corrected chi connectivity index (χ4v) is 2.32. The molecular formula is C17H23N3O. The highest BCUT2D eigenvalue weighted by Gasteiger charge is 2.10. The molecule has 1 aromatic carbocycles. The lowest BCUT2D eigenvalue weighted by Gasteiger charge is -2.13. The number of unbranched alkanes of at least 4 members (excludes halogenated alkanes) is 1. The lowest BCUT2D eigenvalue weighted by atomic mass is 10.1. The smallest absolute Gasteiger partial charge is 0.205 e. The molecule has 0 radical (unpaired) electrons. The lowest BCUT2D eigenvalue weighted by Crippen LogP contribution is -2.24. The first-order valence-corrected chi connectivity index (χ1v) is 7.48. The number of rotatable bonds is 5. The Labute approximate surface area is 125 Å². The van der Waals surface area contributed by atoms with E-state index >= 15 is 0 Å². The van der Waals surface area contributed by atoms with E-state index < -0.39 is 0 Å². The molecule has 0 aliphatic rings. The molecule has 1 atom stereocenters. The van der Waals surface area contributed by atoms with Crippen LogP contribution in [-0.4, -0.2) is 9.78 Å². The molecule has 0 bridgehead atoms. The van der Waals surface area contributed by atoms with Crippen molar-refractivity contribution in [1.29, 1.82) is 0 Å². The van der Waals surface area contributed by atoms with Crippen molar-refractivity contribution in [2.45, 2.75) is 46.1 Å². The van der Waals surface area contributed by atoms with Gasteiger partial charge in [-0.1, -0.05) is 25.5 Å². The normalized spacial score (nSPS) is 12.4. The highest BCUT2D eigenvalue weighted by molar-refractivity contribution is 5.35. The first-order chi connectivity index (χ1) is 10.0. The molecule has 0 saturated carbocycles. The van der Waals surface area contributed by atoms with Crippen LogP contribution >= 0.6 is 0 Å². The molecule has 2 aromatic rings. The third kappa shape index (κ3) is 3.58. The van der Waals surface area contributed by atoms with E-state index in [0.29, 0.717) is 5.69 Å². The predicted molar refractivity (Wildman–Crippen MR) is 85.8 cm³/mol. The Kier molecular flexibility index (Phi) is 4.91. The van der Waals surface area contributed by atoms with Crippen LogP contribution in [0.1, 0.15) is 49.7 Å². The van der Waals surface area contributed by atoms with Crippen molar-refractivity contribution >= 4 is 0 Å². The summed E-state index contributed by atoms with van der Waals surface area (Å²) in [6.07, 6.45) is 3.49. The molecule has 0 saturated heterocycles. The molecule has 0 aliphatic heterocycles. The SMILES string of the molecule is CCCCc1ccc(-n2nc(C(C)N)c(=O)cc2C)cc1. The average molecular weight is 285 g/mol.